The molecule has 0 aliphatic heterocycles. The molecule has 1 fully saturated rings. The Morgan fingerprint density at radius 2 is 2.33 bits per heavy atom. The minimum atomic E-state index is -0.638. The number of carbonyl (C=O) groups is 1. The molecule has 15 heavy (non-hydrogen) atoms. The first-order chi connectivity index (χ1) is 7.26. The molecule has 1 amide bonds. The molecule has 4 nitrogen and oxygen atoms in total. The first kappa shape index (κ1) is 10.1. The van der Waals surface area contributed by atoms with Crippen molar-refractivity contribution < 1.29 is 4.79 Å². The maximum atomic E-state index is 11.7. The minimum Gasteiger partial charge on any atom is -0.333 e. The van der Waals surface area contributed by atoms with E-state index in [4.69, 9.17) is 5.26 Å². The molecule has 1 aliphatic carbocycles. The highest BCUT2D eigenvalue weighted by atomic mass is 32.1. The molecule has 0 atom stereocenters. The molecule has 78 valence electrons. The van der Waals surface area contributed by atoms with Gasteiger partial charge in [-0.1, -0.05) is 0 Å². The molecule has 0 radical (unpaired) electrons. The number of amides is 1. The fraction of sp³-hybridized carbons (Fsp3) is 0.500. The first-order valence-corrected chi connectivity index (χ1v) is 5.76. The average Bonchev–Trinajstić information content (AvgIpc) is 2.88. The summed E-state index contributed by atoms with van der Waals surface area (Å²) < 4.78 is 0. The average molecular weight is 221 g/mol. The lowest BCUT2D eigenvalue weighted by molar-refractivity contribution is 0.0924. The van der Waals surface area contributed by atoms with Crippen LogP contribution in [0.25, 0.3) is 0 Å². The Bertz CT molecular complexity index is 387. The highest BCUT2D eigenvalue weighted by Gasteiger charge is 2.35. The summed E-state index contributed by atoms with van der Waals surface area (Å²) >= 11 is 1.29. The molecule has 0 bridgehead atoms. The molecule has 1 aromatic heterocycles. The third-order valence-electron chi connectivity index (χ3n) is 2.68. The van der Waals surface area contributed by atoms with Crippen LogP contribution < -0.4 is 5.32 Å². The monoisotopic (exact) mass is 221 g/mol. The van der Waals surface area contributed by atoms with Crippen molar-refractivity contribution in [1.82, 2.24) is 10.3 Å². The van der Waals surface area contributed by atoms with E-state index in [1.807, 2.05) is 0 Å². The van der Waals surface area contributed by atoms with E-state index in [0.717, 1.165) is 25.7 Å². The van der Waals surface area contributed by atoms with Crippen molar-refractivity contribution in [2.45, 2.75) is 31.2 Å². The number of thiazole rings is 1. The lowest BCUT2D eigenvalue weighted by Crippen LogP contribution is -2.44. The quantitative estimate of drug-likeness (QED) is 0.826. The van der Waals surface area contributed by atoms with E-state index in [2.05, 4.69) is 16.4 Å². The fourth-order valence-corrected chi connectivity index (χ4v) is 2.37. The van der Waals surface area contributed by atoms with Crippen molar-refractivity contribution in [3.8, 4) is 6.07 Å². The largest absolute Gasteiger partial charge is 0.333 e. The minimum absolute atomic E-state index is 0.180. The maximum absolute atomic E-state index is 11.7. The molecule has 1 heterocycles. The van der Waals surface area contributed by atoms with Crippen molar-refractivity contribution in [2.24, 2.45) is 0 Å². The van der Waals surface area contributed by atoms with E-state index in [0.29, 0.717) is 4.88 Å². The van der Waals surface area contributed by atoms with Crippen molar-refractivity contribution in [3.05, 3.63) is 16.6 Å². The van der Waals surface area contributed by atoms with Gasteiger partial charge in [0.15, 0.2) is 0 Å². The molecule has 1 N–H and O–H groups in total. The first-order valence-electron chi connectivity index (χ1n) is 4.88. The topological polar surface area (TPSA) is 65.8 Å². The van der Waals surface area contributed by atoms with Crippen LogP contribution in [0, 0.1) is 11.3 Å². The Labute approximate surface area is 91.9 Å². The lowest BCUT2D eigenvalue weighted by atomic mass is 10.00. The van der Waals surface area contributed by atoms with Crippen molar-refractivity contribution >= 4 is 17.2 Å². The number of rotatable bonds is 2. The van der Waals surface area contributed by atoms with Crippen molar-refractivity contribution in [1.29, 1.82) is 5.26 Å². The second-order valence-corrected chi connectivity index (χ2v) is 4.61. The molecule has 0 unspecified atom stereocenters. The van der Waals surface area contributed by atoms with Crippen LogP contribution in [-0.2, 0) is 0 Å². The van der Waals surface area contributed by atoms with Crippen LogP contribution in [-0.4, -0.2) is 16.4 Å². The summed E-state index contributed by atoms with van der Waals surface area (Å²) in [5.41, 5.74) is 0.976. The molecule has 1 aromatic rings. The number of carbonyl (C=O) groups excluding carboxylic acids is 1. The van der Waals surface area contributed by atoms with E-state index < -0.39 is 5.54 Å². The Hall–Kier alpha value is -1.41. The van der Waals surface area contributed by atoms with Gasteiger partial charge >= 0.3 is 0 Å². The molecular formula is C10H11N3OS. The van der Waals surface area contributed by atoms with Gasteiger partial charge in [0, 0.05) is 0 Å². The van der Waals surface area contributed by atoms with Crippen LogP contribution >= 0.6 is 11.3 Å². The van der Waals surface area contributed by atoms with E-state index in [9.17, 15) is 4.79 Å². The molecular weight excluding hydrogens is 210 g/mol. The van der Waals surface area contributed by atoms with Crippen LogP contribution in [0.1, 0.15) is 35.4 Å². The third-order valence-corrected chi connectivity index (χ3v) is 3.45. The van der Waals surface area contributed by atoms with E-state index in [-0.39, 0.29) is 5.91 Å². The van der Waals surface area contributed by atoms with Gasteiger partial charge in [0.2, 0.25) is 0 Å². The van der Waals surface area contributed by atoms with Crippen LogP contribution in [0.4, 0.5) is 0 Å². The van der Waals surface area contributed by atoms with E-state index in [1.54, 1.807) is 5.51 Å². The molecule has 2 rings (SSSR count). The van der Waals surface area contributed by atoms with Crippen LogP contribution in [0.2, 0.25) is 0 Å². The van der Waals surface area contributed by atoms with Gasteiger partial charge in [0.05, 0.1) is 17.8 Å². The summed E-state index contributed by atoms with van der Waals surface area (Å²) in [7, 11) is 0. The number of nitrogens with one attached hydrogen (secondary N) is 1. The van der Waals surface area contributed by atoms with Gasteiger partial charge in [-0.05, 0) is 25.7 Å². The van der Waals surface area contributed by atoms with Crippen molar-refractivity contribution in [2.75, 3.05) is 0 Å². The van der Waals surface area contributed by atoms with Crippen LogP contribution in [0.5, 0.6) is 0 Å². The van der Waals surface area contributed by atoms with Gasteiger partial charge in [0.25, 0.3) is 5.91 Å². The number of hydrogen-bond acceptors (Lipinski definition) is 4. The number of nitriles is 1. The predicted molar refractivity (Wildman–Crippen MR) is 56.4 cm³/mol. The van der Waals surface area contributed by atoms with Gasteiger partial charge in [-0.25, -0.2) is 0 Å². The number of hydrogen-bond donors (Lipinski definition) is 1. The van der Waals surface area contributed by atoms with Gasteiger partial charge in [-0.2, -0.15) is 5.26 Å². The summed E-state index contributed by atoms with van der Waals surface area (Å²) in [5, 5.41) is 11.9. The summed E-state index contributed by atoms with van der Waals surface area (Å²) in [6, 6.07) is 2.22. The van der Waals surface area contributed by atoms with Crippen LogP contribution in [0.3, 0.4) is 0 Å². The Kier molecular flexibility index (Phi) is 2.69. The second-order valence-electron chi connectivity index (χ2n) is 3.72. The smallest absolute Gasteiger partial charge is 0.264 e. The fourth-order valence-electron chi connectivity index (χ4n) is 1.85. The highest BCUT2D eigenvalue weighted by molar-refractivity contribution is 7.11. The zero-order valence-electron chi connectivity index (χ0n) is 8.19. The predicted octanol–water partition coefficient (Wildman–Crippen LogP) is 1.71. The number of aromatic nitrogens is 1. The molecule has 0 aromatic carbocycles. The molecule has 0 saturated heterocycles. The number of nitrogens with zero attached hydrogens (tertiary/aromatic N) is 2. The zero-order chi connectivity index (χ0) is 10.7. The highest BCUT2D eigenvalue weighted by Crippen LogP contribution is 2.29. The summed E-state index contributed by atoms with van der Waals surface area (Å²) in [4.78, 5) is 16.1. The van der Waals surface area contributed by atoms with Gasteiger partial charge < -0.3 is 5.32 Å². The SMILES string of the molecule is N#CC1(NC(=O)c2cncs2)CCCC1. The molecule has 1 aliphatic rings. The summed E-state index contributed by atoms with van der Waals surface area (Å²) in [6.45, 7) is 0. The third kappa shape index (κ3) is 2.00. The second kappa shape index (κ2) is 3.99. The van der Waals surface area contributed by atoms with Gasteiger partial charge in [0.1, 0.15) is 10.4 Å². The zero-order valence-corrected chi connectivity index (χ0v) is 9.01. The molecule has 5 heteroatoms. The summed E-state index contributed by atoms with van der Waals surface area (Å²) in [5.74, 6) is -0.180. The molecule has 1 saturated carbocycles. The normalized spacial score (nSPS) is 18.3. The van der Waals surface area contributed by atoms with E-state index in [1.165, 1.54) is 17.5 Å². The van der Waals surface area contributed by atoms with Gasteiger partial charge in [-0.3, -0.25) is 9.78 Å². The van der Waals surface area contributed by atoms with Gasteiger partial charge in [-0.15, -0.1) is 11.3 Å². The molecule has 0 spiro atoms. The Morgan fingerprint density at radius 1 is 1.60 bits per heavy atom. The van der Waals surface area contributed by atoms with E-state index >= 15 is 0 Å². The summed E-state index contributed by atoms with van der Waals surface area (Å²) in [6.07, 6.45) is 5.06. The Balaban J connectivity index is 2.08. The van der Waals surface area contributed by atoms with Crippen LogP contribution in [0.15, 0.2) is 11.7 Å². The Morgan fingerprint density at radius 3 is 2.87 bits per heavy atom. The maximum Gasteiger partial charge on any atom is 0.264 e. The lowest BCUT2D eigenvalue weighted by Gasteiger charge is -2.21. The van der Waals surface area contributed by atoms with Crippen molar-refractivity contribution in [3.63, 3.8) is 0 Å². The standard InChI is InChI=1S/C10H11N3OS/c11-6-10(3-1-2-4-10)13-9(14)8-5-12-7-15-8/h5,7H,1-4H2,(H,13,14).